The molecular formula is C26H22OS. The zero-order valence-electron chi connectivity index (χ0n) is 16.3. The second-order valence-corrected chi connectivity index (χ2v) is 8.33. The maximum absolute atomic E-state index is 13.3. The summed E-state index contributed by atoms with van der Waals surface area (Å²) in [7, 11) is 0. The van der Waals surface area contributed by atoms with Crippen LogP contribution >= 0.6 is 11.3 Å². The lowest BCUT2D eigenvalue weighted by atomic mass is 9.99. The Morgan fingerprint density at radius 1 is 0.643 bits per heavy atom. The Morgan fingerprint density at radius 3 is 1.64 bits per heavy atom. The molecule has 0 aliphatic rings. The maximum atomic E-state index is 13.3. The topological polar surface area (TPSA) is 17.1 Å². The standard InChI is InChI=1S/C26H22OS/c1-17-4-10-20(11-5-17)23-16-24(21-12-6-18(2)7-13-21)28-26(23)25(27)22-14-8-19(3)9-15-22/h4-16H,1-3H3. The molecular weight excluding hydrogens is 360 g/mol. The van der Waals surface area contributed by atoms with Crippen molar-refractivity contribution in [3.8, 4) is 21.6 Å². The molecule has 0 unspecified atom stereocenters. The van der Waals surface area contributed by atoms with Crippen LogP contribution in [0.1, 0.15) is 31.9 Å². The molecule has 4 rings (SSSR count). The first kappa shape index (κ1) is 18.4. The quantitative estimate of drug-likeness (QED) is 0.340. The average molecular weight is 383 g/mol. The zero-order valence-corrected chi connectivity index (χ0v) is 17.1. The van der Waals surface area contributed by atoms with Crippen molar-refractivity contribution in [2.45, 2.75) is 20.8 Å². The van der Waals surface area contributed by atoms with E-state index >= 15 is 0 Å². The lowest BCUT2D eigenvalue weighted by Crippen LogP contribution is -2.00. The molecule has 0 bridgehead atoms. The SMILES string of the molecule is Cc1ccc(C(=O)c2sc(-c3ccc(C)cc3)cc2-c2ccc(C)cc2)cc1. The second-order valence-electron chi connectivity index (χ2n) is 7.28. The smallest absolute Gasteiger partial charge is 0.203 e. The van der Waals surface area contributed by atoms with Crippen molar-refractivity contribution in [3.63, 3.8) is 0 Å². The van der Waals surface area contributed by atoms with Gasteiger partial charge in [-0.15, -0.1) is 11.3 Å². The van der Waals surface area contributed by atoms with Crippen LogP contribution in [-0.4, -0.2) is 5.78 Å². The van der Waals surface area contributed by atoms with Gasteiger partial charge in [0.1, 0.15) is 0 Å². The van der Waals surface area contributed by atoms with Crippen LogP contribution in [0.15, 0.2) is 78.9 Å². The van der Waals surface area contributed by atoms with Crippen LogP contribution in [-0.2, 0) is 0 Å². The largest absolute Gasteiger partial charge is 0.288 e. The van der Waals surface area contributed by atoms with Gasteiger partial charge in [0, 0.05) is 16.0 Å². The Morgan fingerprint density at radius 2 is 1.11 bits per heavy atom. The van der Waals surface area contributed by atoms with E-state index in [1.54, 1.807) is 11.3 Å². The molecule has 0 fully saturated rings. The Bertz CT molecular complexity index is 1110. The highest BCUT2D eigenvalue weighted by atomic mass is 32.1. The molecule has 3 aromatic carbocycles. The second kappa shape index (κ2) is 7.57. The zero-order chi connectivity index (χ0) is 19.7. The van der Waals surface area contributed by atoms with Gasteiger partial charge in [-0.3, -0.25) is 4.79 Å². The Labute approximate surface area is 170 Å². The summed E-state index contributed by atoms with van der Waals surface area (Å²) >= 11 is 1.58. The molecule has 0 saturated carbocycles. The molecule has 1 heterocycles. The molecule has 0 aliphatic carbocycles. The minimum absolute atomic E-state index is 0.0823. The summed E-state index contributed by atoms with van der Waals surface area (Å²) in [5.74, 6) is 0.0823. The third-order valence-electron chi connectivity index (χ3n) is 4.95. The van der Waals surface area contributed by atoms with Gasteiger partial charge in [-0.05, 0) is 38.0 Å². The fraction of sp³-hybridized carbons (Fsp3) is 0.115. The van der Waals surface area contributed by atoms with Crippen molar-refractivity contribution in [3.05, 3.63) is 106 Å². The van der Waals surface area contributed by atoms with Crippen LogP contribution in [0.25, 0.3) is 21.6 Å². The Balaban J connectivity index is 1.85. The van der Waals surface area contributed by atoms with Crippen LogP contribution in [0.3, 0.4) is 0 Å². The predicted molar refractivity (Wildman–Crippen MR) is 119 cm³/mol. The molecule has 2 heteroatoms. The van der Waals surface area contributed by atoms with E-state index in [4.69, 9.17) is 0 Å². The molecule has 1 aromatic heterocycles. The van der Waals surface area contributed by atoms with Gasteiger partial charge < -0.3 is 0 Å². The molecule has 0 spiro atoms. The fourth-order valence-electron chi connectivity index (χ4n) is 3.20. The lowest BCUT2D eigenvalue weighted by Gasteiger charge is -2.05. The average Bonchev–Trinajstić information content (AvgIpc) is 3.14. The van der Waals surface area contributed by atoms with E-state index in [9.17, 15) is 4.79 Å². The molecule has 4 aromatic rings. The van der Waals surface area contributed by atoms with E-state index in [0.717, 1.165) is 37.6 Å². The summed E-state index contributed by atoms with van der Waals surface area (Å²) in [6.07, 6.45) is 0. The summed E-state index contributed by atoms with van der Waals surface area (Å²) in [6, 6.07) is 26.8. The van der Waals surface area contributed by atoms with Gasteiger partial charge in [-0.2, -0.15) is 0 Å². The first-order valence-electron chi connectivity index (χ1n) is 9.40. The number of hydrogen-bond acceptors (Lipinski definition) is 2. The molecule has 138 valence electrons. The number of thiophene rings is 1. The molecule has 28 heavy (non-hydrogen) atoms. The van der Waals surface area contributed by atoms with Gasteiger partial charge in [0.2, 0.25) is 5.78 Å². The third-order valence-corrected chi connectivity index (χ3v) is 6.13. The van der Waals surface area contributed by atoms with Crippen molar-refractivity contribution in [1.82, 2.24) is 0 Å². The van der Waals surface area contributed by atoms with Crippen LogP contribution < -0.4 is 0 Å². The molecule has 0 N–H and O–H groups in total. The van der Waals surface area contributed by atoms with Gasteiger partial charge in [-0.1, -0.05) is 89.5 Å². The normalized spacial score (nSPS) is 10.8. The molecule has 0 amide bonds. The van der Waals surface area contributed by atoms with Crippen LogP contribution in [0, 0.1) is 20.8 Å². The molecule has 0 atom stereocenters. The summed E-state index contributed by atoms with van der Waals surface area (Å²) in [6.45, 7) is 6.20. The van der Waals surface area contributed by atoms with E-state index < -0.39 is 0 Å². The van der Waals surface area contributed by atoms with Gasteiger partial charge in [0.05, 0.1) is 4.88 Å². The highest BCUT2D eigenvalue weighted by molar-refractivity contribution is 7.18. The first-order chi connectivity index (χ1) is 13.5. The van der Waals surface area contributed by atoms with E-state index in [1.165, 1.54) is 11.1 Å². The van der Waals surface area contributed by atoms with Crippen molar-refractivity contribution < 1.29 is 4.79 Å². The number of benzene rings is 3. The minimum Gasteiger partial charge on any atom is -0.288 e. The summed E-state index contributed by atoms with van der Waals surface area (Å²) in [5, 5.41) is 0. The summed E-state index contributed by atoms with van der Waals surface area (Å²) < 4.78 is 0. The lowest BCUT2D eigenvalue weighted by molar-refractivity contribution is 0.104. The summed E-state index contributed by atoms with van der Waals surface area (Å²) in [4.78, 5) is 15.2. The Kier molecular flexibility index (Phi) is 4.97. The first-order valence-corrected chi connectivity index (χ1v) is 10.2. The number of ketones is 1. The number of aryl methyl sites for hydroxylation is 3. The third kappa shape index (κ3) is 3.69. The summed E-state index contributed by atoms with van der Waals surface area (Å²) in [5.41, 5.74) is 7.56. The van der Waals surface area contributed by atoms with Crippen molar-refractivity contribution in [1.29, 1.82) is 0 Å². The molecule has 0 aliphatic heterocycles. The van der Waals surface area contributed by atoms with Crippen molar-refractivity contribution in [2.75, 3.05) is 0 Å². The maximum Gasteiger partial charge on any atom is 0.203 e. The van der Waals surface area contributed by atoms with Crippen molar-refractivity contribution in [2.24, 2.45) is 0 Å². The molecule has 0 radical (unpaired) electrons. The van der Waals surface area contributed by atoms with E-state index in [-0.39, 0.29) is 5.78 Å². The number of hydrogen-bond donors (Lipinski definition) is 0. The van der Waals surface area contributed by atoms with Gasteiger partial charge in [0.25, 0.3) is 0 Å². The van der Waals surface area contributed by atoms with E-state index in [2.05, 4.69) is 68.4 Å². The van der Waals surface area contributed by atoms with Crippen LogP contribution in [0.5, 0.6) is 0 Å². The van der Waals surface area contributed by atoms with E-state index in [0.29, 0.717) is 0 Å². The number of rotatable bonds is 4. The minimum atomic E-state index is 0.0823. The van der Waals surface area contributed by atoms with Crippen LogP contribution in [0.2, 0.25) is 0 Å². The monoisotopic (exact) mass is 382 g/mol. The van der Waals surface area contributed by atoms with Gasteiger partial charge in [0.15, 0.2) is 0 Å². The number of carbonyl (C=O) groups excluding carboxylic acids is 1. The van der Waals surface area contributed by atoms with Gasteiger partial charge >= 0.3 is 0 Å². The number of carbonyl (C=O) groups is 1. The van der Waals surface area contributed by atoms with E-state index in [1.807, 2.05) is 31.2 Å². The van der Waals surface area contributed by atoms with Crippen LogP contribution in [0.4, 0.5) is 0 Å². The van der Waals surface area contributed by atoms with Crippen molar-refractivity contribution >= 4 is 17.1 Å². The predicted octanol–water partition coefficient (Wildman–Crippen LogP) is 7.24. The highest BCUT2D eigenvalue weighted by Crippen LogP contribution is 2.38. The highest BCUT2D eigenvalue weighted by Gasteiger charge is 2.20. The molecule has 0 saturated heterocycles. The Hall–Kier alpha value is -2.97. The molecule has 1 nitrogen and oxygen atoms in total. The van der Waals surface area contributed by atoms with Gasteiger partial charge in [-0.25, -0.2) is 0 Å². The fourth-order valence-corrected chi connectivity index (χ4v) is 4.35.